The molecule has 20 heavy (non-hydrogen) atoms. The van der Waals surface area contributed by atoms with Crippen molar-refractivity contribution in [3.8, 4) is 6.07 Å². The number of allylic oxidation sites excluding steroid dienone is 2. The number of hydrogen-bond acceptors (Lipinski definition) is 4. The molecule has 0 bridgehead atoms. The Hall–Kier alpha value is -1.58. The summed E-state index contributed by atoms with van der Waals surface area (Å²) in [6.07, 6.45) is 2.18. The quantitative estimate of drug-likeness (QED) is 0.852. The van der Waals surface area contributed by atoms with Crippen molar-refractivity contribution in [2.75, 3.05) is 6.54 Å². The molecule has 4 nitrogen and oxygen atoms in total. The molecule has 0 spiro atoms. The van der Waals surface area contributed by atoms with E-state index >= 15 is 0 Å². The fraction of sp³-hybridized carbons (Fsp3) is 0.308. The second-order valence-corrected chi connectivity index (χ2v) is 6.67. The van der Waals surface area contributed by atoms with Crippen LogP contribution >= 0.6 is 11.6 Å². The molecular weight excluding hydrogens is 303 g/mol. The zero-order chi connectivity index (χ0) is 14.8. The number of rotatable bonds is 2. The molecular formula is C13H12ClFN2O2S. The zero-order valence-electron chi connectivity index (χ0n) is 10.5. The number of benzene rings is 1. The highest BCUT2D eigenvalue weighted by atomic mass is 35.5. The van der Waals surface area contributed by atoms with Crippen LogP contribution in [0.3, 0.4) is 0 Å². The number of hydrogen-bond donors (Lipinski definition) is 1. The first kappa shape index (κ1) is 14.8. The van der Waals surface area contributed by atoms with Gasteiger partial charge in [-0.15, -0.1) is 0 Å². The van der Waals surface area contributed by atoms with Crippen molar-refractivity contribution >= 4 is 21.4 Å². The topological polar surface area (TPSA) is 70.0 Å². The number of nitriles is 1. The van der Waals surface area contributed by atoms with Gasteiger partial charge in [0.15, 0.2) is 4.91 Å². The van der Waals surface area contributed by atoms with E-state index in [1.165, 1.54) is 6.07 Å². The summed E-state index contributed by atoms with van der Waals surface area (Å²) in [6.45, 7) is 0.610. The molecule has 1 aliphatic heterocycles. The van der Waals surface area contributed by atoms with Crippen LogP contribution < -0.4 is 5.32 Å². The molecule has 106 valence electrons. The summed E-state index contributed by atoms with van der Waals surface area (Å²) in [5, 5.41) is 12.2. The summed E-state index contributed by atoms with van der Waals surface area (Å²) in [5.41, 5.74) is 0.355. The predicted molar refractivity (Wildman–Crippen MR) is 73.1 cm³/mol. The van der Waals surface area contributed by atoms with Gasteiger partial charge in [-0.1, -0.05) is 11.6 Å². The van der Waals surface area contributed by atoms with Gasteiger partial charge in [-0.2, -0.15) is 5.26 Å². The van der Waals surface area contributed by atoms with Gasteiger partial charge in [0.1, 0.15) is 16.8 Å². The fourth-order valence-electron chi connectivity index (χ4n) is 2.04. The Bertz CT molecular complexity index is 700. The molecule has 0 radical (unpaired) electrons. The van der Waals surface area contributed by atoms with Gasteiger partial charge in [-0.25, -0.2) is 12.8 Å². The highest BCUT2D eigenvalue weighted by Gasteiger charge is 2.28. The molecule has 7 heteroatoms. The van der Waals surface area contributed by atoms with Crippen molar-refractivity contribution in [3.63, 3.8) is 0 Å². The molecule has 0 saturated carbocycles. The smallest absolute Gasteiger partial charge is 0.221 e. The number of nitrogens with one attached hydrogen (secondary N) is 1. The van der Waals surface area contributed by atoms with Gasteiger partial charge in [0.25, 0.3) is 0 Å². The van der Waals surface area contributed by atoms with Crippen molar-refractivity contribution in [2.45, 2.75) is 24.2 Å². The Morgan fingerprint density at radius 1 is 1.40 bits per heavy atom. The van der Waals surface area contributed by atoms with E-state index < -0.39 is 25.5 Å². The van der Waals surface area contributed by atoms with Gasteiger partial charge in [0.2, 0.25) is 9.84 Å². The SMILES string of the molecule is N#CC(=C1CCCCN1)S(=O)(=O)c1ccc(Cl)cc1F. The van der Waals surface area contributed by atoms with Crippen LogP contribution in [0.4, 0.5) is 4.39 Å². The van der Waals surface area contributed by atoms with Crippen molar-refractivity contribution in [3.05, 3.63) is 39.6 Å². The number of piperidine rings is 1. The molecule has 1 N–H and O–H groups in total. The predicted octanol–water partition coefficient (Wildman–Crippen LogP) is 2.76. The van der Waals surface area contributed by atoms with Crippen LogP contribution in [0.1, 0.15) is 19.3 Å². The lowest BCUT2D eigenvalue weighted by Crippen LogP contribution is -2.23. The van der Waals surface area contributed by atoms with Crippen LogP contribution in [0.25, 0.3) is 0 Å². The summed E-state index contributed by atoms with van der Waals surface area (Å²) in [6, 6.07) is 4.96. The molecule has 1 heterocycles. The Morgan fingerprint density at radius 2 is 2.15 bits per heavy atom. The van der Waals surface area contributed by atoms with Crippen LogP contribution in [-0.2, 0) is 9.84 Å². The Labute approximate surface area is 121 Å². The van der Waals surface area contributed by atoms with E-state index in [0.29, 0.717) is 18.7 Å². The van der Waals surface area contributed by atoms with Crippen LogP contribution in [0.2, 0.25) is 5.02 Å². The highest BCUT2D eigenvalue weighted by molar-refractivity contribution is 7.95. The van der Waals surface area contributed by atoms with Gasteiger partial charge in [-0.05, 0) is 37.5 Å². The van der Waals surface area contributed by atoms with Crippen molar-refractivity contribution in [1.29, 1.82) is 5.26 Å². The minimum absolute atomic E-state index is 0.100. The van der Waals surface area contributed by atoms with Crippen LogP contribution in [0.15, 0.2) is 33.7 Å². The summed E-state index contributed by atoms with van der Waals surface area (Å²) in [5.74, 6) is -0.957. The number of halogens is 2. The van der Waals surface area contributed by atoms with E-state index in [4.69, 9.17) is 16.9 Å². The minimum Gasteiger partial charge on any atom is -0.387 e. The van der Waals surface area contributed by atoms with Crippen molar-refractivity contribution in [1.82, 2.24) is 5.32 Å². The molecule has 2 rings (SSSR count). The van der Waals surface area contributed by atoms with Crippen LogP contribution in [0.5, 0.6) is 0 Å². The monoisotopic (exact) mass is 314 g/mol. The van der Waals surface area contributed by atoms with Gasteiger partial charge in [0, 0.05) is 17.3 Å². The second-order valence-electron chi connectivity index (χ2n) is 4.38. The maximum absolute atomic E-state index is 13.8. The molecule has 1 saturated heterocycles. The maximum Gasteiger partial charge on any atom is 0.221 e. The molecule has 1 aliphatic rings. The molecule has 0 aliphatic carbocycles. The first-order valence-electron chi connectivity index (χ1n) is 6.04. The van der Waals surface area contributed by atoms with E-state index in [-0.39, 0.29) is 5.02 Å². The molecule has 0 amide bonds. The lowest BCUT2D eigenvalue weighted by molar-refractivity contribution is 0.565. The Morgan fingerprint density at radius 3 is 2.70 bits per heavy atom. The van der Waals surface area contributed by atoms with Gasteiger partial charge in [0.05, 0.1) is 0 Å². The van der Waals surface area contributed by atoms with Crippen LogP contribution in [0, 0.1) is 17.1 Å². The average molecular weight is 315 g/mol. The van der Waals surface area contributed by atoms with E-state index in [1.54, 1.807) is 6.07 Å². The molecule has 0 atom stereocenters. The van der Waals surface area contributed by atoms with Gasteiger partial charge < -0.3 is 5.32 Å². The summed E-state index contributed by atoms with van der Waals surface area (Å²) < 4.78 is 38.6. The Kier molecular flexibility index (Phi) is 4.31. The maximum atomic E-state index is 13.8. The highest BCUT2D eigenvalue weighted by Crippen LogP contribution is 2.27. The minimum atomic E-state index is -4.18. The molecule has 0 unspecified atom stereocenters. The second kappa shape index (κ2) is 5.81. The molecule has 1 aromatic carbocycles. The first-order chi connectivity index (χ1) is 9.46. The van der Waals surface area contributed by atoms with Crippen molar-refractivity contribution in [2.24, 2.45) is 0 Å². The third-order valence-corrected chi connectivity index (χ3v) is 5.04. The largest absolute Gasteiger partial charge is 0.387 e. The normalized spacial score (nSPS) is 18.1. The molecule has 1 aromatic rings. The summed E-state index contributed by atoms with van der Waals surface area (Å²) in [7, 11) is -4.18. The molecule has 1 fully saturated rings. The van der Waals surface area contributed by atoms with E-state index in [1.807, 2.05) is 0 Å². The zero-order valence-corrected chi connectivity index (χ0v) is 12.1. The first-order valence-corrected chi connectivity index (χ1v) is 7.90. The Balaban J connectivity index is 2.56. The van der Waals surface area contributed by atoms with E-state index in [9.17, 15) is 12.8 Å². The third kappa shape index (κ3) is 2.79. The third-order valence-electron chi connectivity index (χ3n) is 3.02. The number of sulfone groups is 1. The van der Waals surface area contributed by atoms with E-state index in [0.717, 1.165) is 25.0 Å². The van der Waals surface area contributed by atoms with Gasteiger partial charge in [-0.3, -0.25) is 0 Å². The lowest BCUT2D eigenvalue weighted by atomic mass is 10.1. The van der Waals surface area contributed by atoms with Crippen molar-refractivity contribution < 1.29 is 12.8 Å². The lowest BCUT2D eigenvalue weighted by Gasteiger charge is -2.18. The molecule has 0 aromatic heterocycles. The summed E-state index contributed by atoms with van der Waals surface area (Å²) >= 11 is 5.60. The summed E-state index contributed by atoms with van der Waals surface area (Å²) in [4.78, 5) is -0.947. The van der Waals surface area contributed by atoms with E-state index in [2.05, 4.69) is 5.32 Å². The average Bonchev–Trinajstić information content (AvgIpc) is 2.40. The number of nitrogens with zero attached hydrogens (tertiary/aromatic N) is 1. The standard InChI is InChI=1S/C13H12ClFN2O2S/c14-9-4-5-12(10(15)7-9)20(18,19)13(8-16)11-3-1-2-6-17-11/h4-5,7,17H,1-3,6H2. The fourth-order valence-corrected chi connectivity index (χ4v) is 3.60. The van der Waals surface area contributed by atoms with Gasteiger partial charge >= 0.3 is 0 Å². The van der Waals surface area contributed by atoms with Crippen LogP contribution in [-0.4, -0.2) is 15.0 Å².